The molecule has 46 heavy (non-hydrogen) atoms. The predicted octanol–water partition coefficient (Wildman–Crippen LogP) is 4.27. The Morgan fingerprint density at radius 3 is 2.65 bits per heavy atom. The summed E-state index contributed by atoms with van der Waals surface area (Å²) in [6.45, 7) is 5.36. The van der Waals surface area contributed by atoms with Crippen molar-refractivity contribution in [3.63, 3.8) is 0 Å². The fourth-order valence-corrected chi connectivity index (χ4v) is 8.59. The molecule has 10 nitrogen and oxygen atoms in total. The van der Waals surface area contributed by atoms with Crippen molar-refractivity contribution in [1.29, 1.82) is 5.26 Å². The van der Waals surface area contributed by atoms with Crippen molar-refractivity contribution in [2.75, 3.05) is 24.7 Å². The molecule has 2 saturated heterocycles. The third-order valence-electron chi connectivity index (χ3n) is 11.1. The molecule has 0 radical (unpaired) electrons. The molecule has 6 aliphatic rings. The topological polar surface area (TPSA) is 121 Å². The van der Waals surface area contributed by atoms with E-state index < -0.39 is 18.0 Å². The number of likely N-dealkylation sites (tertiary alicyclic amines) is 1. The van der Waals surface area contributed by atoms with Gasteiger partial charge >= 0.3 is 0 Å². The summed E-state index contributed by atoms with van der Waals surface area (Å²) in [7, 11) is 0. The molecule has 0 bridgehead atoms. The van der Waals surface area contributed by atoms with Crippen LogP contribution in [0.1, 0.15) is 97.9 Å². The average molecular weight is 627 g/mol. The van der Waals surface area contributed by atoms with E-state index >= 15 is 0 Å². The van der Waals surface area contributed by atoms with Crippen molar-refractivity contribution in [3.05, 3.63) is 52.0 Å². The van der Waals surface area contributed by atoms with E-state index in [-0.39, 0.29) is 48.0 Å². The zero-order valence-electron chi connectivity index (χ0n) is 26.3. The number of benzene rings is 1. The van der Waals surface area contributed by atoms with Crippen molar-refractivity contribution in [2.45, 2.75) is 95.3 Å². The number of aromatic nitrogens is 2. The van der Waals surface area contributed by atoms with Crippen LogP contribution in [-0.4, -0.2) is 70.3 Å². The first-order chi connectivity index (χ1) is 22.3. The molecule has 2 aromatic rings. The molecule has 3 aliphatic carbocycles. The molecular formula is C35H39FN6O4. The molecule has 1 aromatic heterocycles. The normalized spacial score (nSPS) is 28.6. The lowest BCUT2D eigenvalue weighted by Gasteiger charge is -2.39. The van der Waals surface area contributed by atoms with Gasteiger partial charge in [0, 0.05) is 37.3 Å². The number of hydrogen-bond acceptors (Lipinski definition) is 6. The molecular weight excluding hydrogens is 587 g/mol. The molecule has 3 aliphatic heterocycles. The average Bonchev–Trinajstić information content (AvgIpc) is 3.95. The Labute approximate surface area is 267 Å². The second kappa shape index (κ2) is 11.0. The third-order valence-corrected chi connectivity index (χ3v) is 11.1. The number of nitrogens with one attached hydrogen (secondary N) is 1. The summed E-state index contributed by atoms with van der Waals surface area (Å²) < 4.78 is 21.7. The van der Waals surface area contributed by atoms with Crippen LogP contribution in [0.5, 0.6) is 0 Å². The Bertz CT molecular complexity index is 1720. The molecule has 5 atom stereocenters. The van der Waals surface area contributed by atoms with Gasteiger partial charge in [-0.3, -0.25) is 19.3 Å². The fraction of sp³-hybridized carbons (Fsp3) is 0.571. The van der Waals surface area contributed by atoms with Crippen LogP contribution in [0.3, 0.4) is 0 Å². The predicted molar refractivity (Wildman–Crippen MR) is 166 cm³/mol. The van der Waals surface area contributed by atoms with E-state index in [1.165, 1.54) is 12.1 Å². The highest BCUT2D eigenvalue weighted by Gasteiger charge is 2.57. The van der Waals surface area contributed by atoms with E-state index in [4.69, 9.17) is 9.84 Å². The number of allylic oxidation sites excluding steroid dienone is 1. The Kier molecular flexibility index (Phi) is 7.05. The Morgan fingerprint density at radius 1 is 1.15 bits per heavy atom. The first-order valence-electron chi connectivity index (χ1n) is 16.8. The first-order valence-corrected chi connectivity index (χ1v) is 16.8. The van der Waals surface area contributed by atoms with E-state index in [0.717, 1.165) is 47.1 Å². The van der Waals surface area contributed by atoms with E-state index in [0.29, 0.717) is 62.9 Å². The molecule has 2 saturated carbocycles. The lowest BCUT2D eigenvalue weighted by atomic mass is 9.82. The number of likely N-dealkylation sites (N-methyl/N-ethyl adjacent to an activating group) is 1. The minimum atomic E-state index is -0.861. The van der Waals surface area contributed by atoms with Crippen LogP contribution in [0.2, 0.25) is 0 Å². The molecule has 1 N–H and O–H groups in total. The molecule has 8 rings (SSSR count). The molecule has 240 valence electrons. The number of fused-ring (bicyclic) bond motifs is 3. The van der Waals surface area contributed by atoms with Gasteiger partial charge in [0.05, 0.1) is 18.5 Å². The highest BCUT2D eigenvalue weighted by molar-refractivity contribution is 6.06. The van der Waals surface area contributed by atoms with Gasteiger partial charge in [0.1, 0.15) is 23.7 Å². The van der Waals surface area contributed by atoms with Crippen LogP contribution >= 0.6 is 0 Å². The van der Waals surface area contributed by atoms with Crippen molar-refractivity contribution >= 4 is 29.1 Å². The van der Waals surface area contributed by atoms with Gasteiger partial charge in [-0.15, -0.1) is 0 Å². The van der Waals surface area contributed by atoms with Crippen molar-refractivity contribution in [1.82, 2.24) is 20.0 Å². The molecule has 0 unspecified atom stereocenters. The van der Waals surface area contributed by atoms with E-state index in [1.54, 1.807) is 15.9 Å². The second-order valence-corrected chi connectivity index (χ2v) is 13.9. The zero-order chi connectivity index (χ0) is 31.9. The van der Waals surface area contributed by atoms with E-state index in [2.05, 4.69) is 11.4 Å². The number of halogens is 1. The van der Waals surface area contributed by atoms with Crippen LogP contribution in [-0.2, 0) is 20.7 Å². The van der Waals surface area contributed by atoms with Crippen LogP contribution < -0.4 is 10.2 Å². The first kappa shape index (κ1) is 29.4. The number of nitriles is 1. The maximum atomic E-state index is 14.5. The van der Waals surface area contributed by atoms with Crippen molar-refractivity contribution < 1.29 is 23.5 Å². The summed E-state index contributed by atoms with van der Waals surface area (Å²) >= 11 is 0. The SMILES string of the molecule is CCN1C(=O)[C@@H](NC(=O)CC2=C(C)Cc3ccc(F)cc32)[C@@H](C2CC2)c2c(C(=O)N3[C@H](C#N)C[C@H]4C[C@H]43)nn(C3CCOCC3)c21. The van der Waals surface area contributed by atoms with Gasteiger partial charge < -0.3 is 15.0 Å². The van der Waals surface area contributed by atoms with Crippen molar-refractivity contribution in [3.8, 4) is 6.07 Å². The van der Waals surface area contributed by atoms with Crippen LogP contribution in [0.15, 0.2) is 23.8 Å². The highest BCUT2D eigenvalue weighted by Crippen LogP contribution is 2.54. The summed E-state index contributed by atoms with van der Waals surface area (Å²) in [5.74, 6) is -0.376. The number of amides is 3. The van der Waals surface area contributed by atoms with Crippen LogP contribution in [0.25, 0.3) is 5.57 Å². The van der Waals surface area contributed by atoms with Crippen LogP contribution in [0.4, 0.5) is 10.2 Å². The van der Waals surface area contributed by atoms with E-state index in [1.807, 2.05) is 18.5 Å². The minimum absolute atomic E-state index is 0.0337. The Hall–Kier alpha value is -4.04. The number of carbonyl (C=O) groups is 3. The van der Waals surface area contributed by atoms with Crippen molar-refractivity contribution in [2.24, 2.45) is 11.8 Å². The molecule has 0 spiro atoms. The number of nitrogens with zero attached hydrogens (tertiary/aromatic N) is 5. The molecule has 11 heteroatoms. The van der Waals surface area contributed by atoms with Gasteiger partial charge in [0.2, 0.25) is 5.91 Å². The van der Waals surface area contributed by atoms with Crippen LogP contribution in [0, 0.1) is 29.0 Å². The minimum Gasteiger partial charge on any atom is -0.381 e. The summed E-state index contributed by atoms with van der Waals surface area (Å²) in [4.78, 5) is 46.1. The quantitative estimate of drug-likeness (QED) is 0.491. The fourth-order valence-electron chi connectivity index (χ4n) is 8.59. The smallest absolute Gasteiger partial charge is 0.276 e. The second-order valence-electron chi connectivity index (χ2n) is 13.9. The van der Waals surface area contributed by atoms with Gasteiger partial charge in [0.15, 0.2) is 5.69 Å². The summed E-state index contributed by atoms with van der Waals surface area (Å²) in [6.07, 6.45) is 5.49. The molecule has 3 amide bonds. The Balaban J connectivity index is 1.18. The lowest BCUT2D eigenvalue weighted by molar-refractivity contribution is -0.128. The summed E-state index contributed by atoms with van der Waals surface area (Å²) in [5.41, 5.74) is 4.60. The lowest BCUT2D eigenvalue weighted by Crippen LogP contribution is -2.56. The summed E-state index contributed by atoms with van der Waals surface area (Å²) in [5, 5.41) is 18.1. The number of ether oxygens (including phenoxy) is 1. The number of rotatable bonds is 7. The monoisotopic (exact) mass is 626 g/mol. The van der Waals surface area contributed by atoms with Gasteiger partial charge in [-0.25, -0.2) is 9.07 Å². The van der Waals surface area contributed by atoms with Gasteiger partial charge in [0.25, 0.3) is 11.8 Å². The van der Waals surface area contributed by atoms with Gasteiger partial charge in [-0.1, -0.05) is 11.6 Å². The number of anilines is 1. The highest BCUT2D eigenvalue weighted by atomic mass is 19.1. The standard InChI is InChI=1S/C35H39FN6O4/c1-3-40-33-30(32(39-42(33)23-8-10-46-11-9-23)35(45)41-24(17-37)13-21-14-27(21)41)29(19-4-5-19)31(34(40)44)38-28(43)16-25-18(2)12-20-6-7-22(36)15-26(20)25/h6-7,15,19,21,23-24,27,29,31H,3-5,8-14,16H2,1-2H3,(H,38,43)/t21-,24-,27+,29-,31-/m0/s1. The molecule has 4 fully saturated rings. The van der Waals surface area contributed by atoms with Gasteiger partial charge in [-0.2, -0.15) is 10.4 Å². The summed E-state index contributed by atoms with van der Waals surface area (Å²) in [6, 6.07) is 5.70. The number of piperidine rings is 1. The largest absolute Gasteiger partial charge is 0.381 e. The number of carbonyl (C=O) groups excluding carboxylic acids is 3. The molecule has 1 aromatic carbocycles. The number of hydrogen-bond donors (Lipinski definition) is 1. The maximum Gasteiger partial charge on any atom is 0.276 e. The zero-order valence-corrected chi connectivity index (χ0v) is 26.3. The Morgan fingerprint density at radius 2 is 1.93 bits per heavy atom. The maximum absolute atomic E-state index is 14.5. The van der Waals surface area contributed by atoms with Gasteiger partial charge in [-0.05, 0) is 99.5 Å². The molecule has 4 heterocycles. The van der Waals surface area contributed by atoms with E-state index in [9.17, 15) is 24.0 Å². The third kappa shape index (κ3) is 4.67.